The molecule has 0 aliphatic carbocycles. The maximum absolute atomic E-state index is 13.0. The number of carbonyl (C=O) groups is 2. The molecule has 0 saturated carbocycles. The average molecular weight is 342 g/mol. The maximum atomic E-state index is 13.0. The number of hydrogen-bond donors (Lipinski definition) is 1. The highest BCUT2D eigenvalue weighted by Crippen LogP contribution is 2.18. The van der Waals surface area contributed by atoms with Crippen LogP contribution in [-0.2, 0) is 9.59 Å². The van der Waals surface area contributed by atoms with E-state index in [4.69, 9.17) is 0 Å². The lowest BCUT2D eigenvalue weighted by atomic mass is 10.0. The minimum Gasteiger partial charge on any atom is -0.326 e. The van der Waals surface area contributed by atoms with E-state index in [9.17, 15) is 14.0 Å². The molecule has 0 aliphatic heterocycles. The number of hydrogen-bond acceptors (Lipinski definition) is 2. The Morgan fingerprint density at radius 2 is 1.64 bits per heavy atom. The molecule has 0 unspecified atom stereocenters. The van der Waals surface area contributed by atoms with Crippen LogP contribution in [0.25, 0.3) is 0 Å². The van der Waals surface area contributed by atoms with Crippen LogP contribution in [0.2, 0.25) is 0 Å². The molecule has 2 aromatic rings. The summed E-state index contributed by atoms with van der Waals surface area (Å²) in [5.74, 6) is -0.300. The van der Waals surface area contributed by atoms with E-state index in [1.807, 2.05) is 24.3 Å². The highest BCUT2D eigenvalue weighted by atomic mass is 19.1. The quantitative estimate of drug-likeness (QED) is 0.849. The minimum absolute atomic E-state index is 0.156. The van der Waals surface area contributed by atoms with E-state index in [1.54, 1.807) is 0 Å². The van der Waals surface area contributed by atoms with Gasteiger partial charge in [0.2, 0.25) is 11.8 Å². The maximum Gasteiger partial charge on any atom is 0.226 e. The van der Waals surface area contributed by atoms with E-state index in [-0.39, 0.29) is 30.6 Å². The molecule has 0 heterocycles. The summed E-state index contributed by atoms with van der Waals surface area (Å²) < 4.78 is 13.0. The van der Waals surface area contributed by atoms with Gasteiger partial charge >= 0.3 is 0 Å². The first kappa shape index (κ1) is 18.6. The van der Waals surface area contributed by atoms with Gasteiger partial charge in [-0.3, -0.25) is 9.59 Å². The largest absolute Gasteiger partial charge is 0.326 e. The van der Waals surface area contributed by atoms with Crippen LogP contribution in [0, 0.1) is 5.82 Å². The Morgan fingerprint density at radius 3 is 2.16 bits per heavy atom. The van der Waals surface area contributed by atoms with Crippen molar-refractivity contribution in [1.82, 2.24) is 0 Å². The van der Waals surface area contributed by atoms with Gasteiger partial charge in [0, 0.05) is 31.3 Å². The minimum atomic E-state index is -0.366. The summed E-state index contributed by atoms with van der Waals surface area (Å²) in [6.45, 7) is 5.88. The summed E-state index contributed by atoms with van der Waals surface area (Å²) in [6.07, 6.45) is 0.156. The molecule has 0 bridgehead atoms. The number of nitrogens with zero attached hydrogens (tertiary/aromatic N) is 1. The van der Waals surface area contributed by atoms with E-state index in [0.29, 0.717) is 11.6 Å². The zero-order valence-electron chi connectivity index (χ0n) is 14.8. The zero-order chi connectivity index (χ0) is 18.4. The Labute approximate surface area is 147 Å². The lowest BCUT2D eigenvalue weighted by Gasteiger charge is -2.21. The van der Waals surface area contributed by atoms with Gasteiger partial charge in [-0.2, -0.15) is 0 Å². The van der Waals surface area contributed by atoms with Crippen LogP contribution in [0.5, 0.6) is 0 Å². The van der Waals surface area contributed by atoms with Gasteiger partial charge in [-0.25, -0.2) is 4.39 Å². The molecule has 2 amide bonds. The predicted octanol–water partition coefficient (Wildman–Crippen LogP) is 4.33. The van der Waals surface area contributed by atoms with Crippen LogP contribution in [-0.4, -0.2) is 18.4 Å². The standard InChI is InChI=1S/C20H23FN2O2/c1-14(2)16-4-8-18(9-5-16)22-20(25)12-13-23(15(3)24)19-10-6-17(21)7-11-19/h4-11,14H,12-13H2,1-3H3,(H,22,25). The van der Waals surface area contributed by atoms with Crippen molar-refractivity contribution in [1.29, 1.82) is 0 Å². The molecule has 2 aromatic carbocycles. The second kappa shape index (κ2) is 8.42. The highest BCUT2D eigenvalue weighted by molar-refractivity contribution is 5.94. The lowest BCUT2D eigenvalue weighted by molar-refractivity contribution is -0.117. The molecule has 0 spiro atoms. The normalized spacial score (nSPS) is 10.6. The molecule has 4 nitrogen and oxygen atoms in total. The zero-order valence-corrected chi connectivity index (χ0v) is 14.8. The second-order valence-corrected chi connectivity index (χ2v) is 6.22. The van der Waals surface area contributed by atoms with Crippen LogP contribution >= 0.6 is 0 Å². The van der Waals surface area contributed by atoms with Crippen LogP contribution in [0.15, 0.2) is 48.5 Å². The van der Waals surface area contributed by atoms with Crippen molar-refractivity contribution in [3.05, 3.63) is 59.9 Å². The molecule has 5 heteroatoms. The molecule has 25 heavy (non-hydrogen) atoms. The number of benzene rings is 2. The third-order valence-corrected chi connectivity index (χ3v) is 3.94. The van der Waals surface area contributed by atoms with E-state index >= 15 is 0 Å². The molecule has 0 radical (unpaired) electrons. The second-order valence-electron chi connectivity index (χ2n) is 6.22. The van der Waals surface area contributed by atoms with Gasteiger partial charge in [0.25, 0.3) is 0 Å². The predicted molar refractivity (Wildman–Crippen MR) is 98.2 cm³/mol. The molecule has 0 aliphatic rings. The molecular formula is C20H23FN2O2. The summed E-state index contributed by atoms with van der Waals surface area (Å²) in [6, 6.07) is 13.4. The molecular weight excluding hydrogens is 319 g/mol. The highest BCUT2D eigenvalue weighted by Gasteiger charge is 2.13. The van der Waals surface area contributed by atoms with Crippen molar-refractivity contribution in [3.8, 4) is 0 Å². The Balaban J connectivity index is 1.94. The Kier molecular flexibility index (Phi) is 6.28. The van der Waals surface area contributed by atoms with Gasteiger partial charge in [-0.1, -0.05) is 26.0 Å². The summed E-state index contributed by atoms with van der Waals surface area (Å²) in [5.41, 5.74) is 2.51. The first-order valence-electron chi connectivity index (χ1n) is 8.30. The lowest BCUT2D eigenvalue weighted by Crippen LogP contribution is -2.31. The smallest absolute Gasteiger partial charge is 0.226 e. The fourth-order valence-corrected chi connectivity index (χ4v) is 2.48. The Hall–Kier alpha value is -2.69. The summed E-state index contributed by atoms with van der Waals surface area (Å²) >= 11 is 0. The topological polar surface area (TPSA) is 49.4 Å². The molecule has 0 atom stereocenters. The van der Waals surface area contributed by atoms with Crippen LogP contribution < -0.4 is 10.2 Å². The Morgan fingerprint density at radius 1 is 1.04 bits per heavy atom. The van der Waals surface area contributed by atoms with Gasteiger partial charge in [0.15, 0.2) is 0 Å². The van der Waals surface area contributed by atoms with Crippen molar-refractivity contribution in [2.45, 2.75) is 33.1 Å². The van der Waals surface area contributed by atoms with Crippen molar-refractivity contribution < 1.29 is 14.0 Å². The summed E-state index contributed by atoms with van der Waals surface area (Å²) in [4.78, 5) is 25.4. The molecule has 1 N–H and O–H groups in total. The van der Waals surface area contributed by atoms with E-state index in [1.165, 1.54) is 41.7 Å². The van der Waals surface area contributed by atoms with Crippen LogP contribution in [0.3, 0.4) is 0 Å². The molecule has 0 aromatic heterocycles. The van der Waals surface area contributed by atoms with E-state index in [0.717, 1.165) is 5.69 Å². The van der Waals surface area contributed by atoms with Crippen molar-refractivity contribution in [2.24, 2.45) is 0 Å². The summed E-state index contributed by atoms with van der Waals surface area (Å²) in [7, 11) is 0. The van der Waals surface area contributed by atoms with Crippen molar-refractivity contribution in [3.63, 3.8) is 0 Å². The summed E-state index contributed by atoms with van der Waals surface area (Å²) in [5, 5.41) is 2.83. The first-order valence-corrected chi connectivity index (χ1v) is 8.30. The van der Waals surface area contributed by atoms with Gasteiger partial charge in [0.1, 0.15) is 5.82 Å². The van der Waals surface area contributed by atoms with Crippen molar-refractivity contribution >= 4 is 23.2 Å². The van der Waals surface area contributed by atoms with Gasteiger partial charge in [0.05, 0.1) is 0 Å². The number of amides is 2. The van der Waals surface area contributed by atoms with Crippen LogP contribution in [0.1, 0.15) is 38.7 Å². The average Bonchev–Trinajstić information content (AvgIpc) is 2.57. The number of anilines is 2. The number of carbonyl (C=O) groups excluding carboxylic acids is 2. The SMILES string of the molecule is CC(=O)N(CCC(=O)Nc1ccc(C(C)C)cc1)c1ccc(F)cc1. The first-order chi connectivity index (χ1) is 11.9. The number of nitrogens with one attached hydrogen (secondary N) is 1. The van der Waals surface area contributed by atoms with Gasteiger partial charge in [-0.05, 0) is 47.9 Å². The van der Waals surface area contributed by atoms with Gasteiger partial charge in [-0.15, -0.1) is 0 Å². The third kappa shape index (κ3) is 5.41. The van der Waals surface area contributed by atoms with Crippen molar-refractivity contribution in [2.75, 3.05) is 16.8 Å². The Bertz CT molecular complexity index is 724. The van der Waals surface area contributed by atoms with Crippen LogP contribution in [0.4, 0.5) is 15.8 Å². The number of halogens is 1. The molecule has 0 fully saturated rings. The van der Waals surface area contributed by atoms with E-state index in [2.05, 4.69) is 19.2 Å². The third-order valence-electron chi connectivity index (χ3n) is 3.94. The number of rotatable bonds is 6. The molecule has 132 valence electrons. The molecule has 0 saturated heterocycles. The fourth-order valence-electron chi connectivity index (χ4n) is 2.48. The van der Waals surface area contributed by atoms with Gasteiger partial charge < -0.3 is 10.2 Å². The molecule has 2 rings (SSSR count). The van der Waals surface area contributed by atoms with E-state index < -0.39 is 0 Å². The monoisotopic (exact) mass is 342 g/mol. The fraction of sp³-hybridized carbons (Fsp3) is 0.300.